The molecule has 1 aliphatic rings. The Bertz CT molecular complexity index is 1230. The van der Waals surface area contributed by atoms with Crippen molar-refractivity contribution in [3.63, 3.8) is 0 Å². The van der Waals surface area contributed by atoms with Crippen molar-refractivity contribution in [1.29, 1.82) is 0 Å². The number of hydrogen-bond donors (Lipinski definition) is 2. The van der Waals surface area contributed by atoms with Crippen LogP contribution in [0, 0.1) is 0 Å². The standard InChI is InChI=1S/C22H25FN6O3/c1-24-20(30)18-5-3-16(13-25-18)28-10-8-27(9-11-28)14-15-2-4-17-19(12-15)26-22(32)29(7-6-23)21(17)31/h2-5,12-13H,6-11,14H2,1H3,(H,24,30)(H,26,32). The Morgan fingerprint density at radius 1 is 1.16 bits per heavy atom. The number of piperazine rings is 1. The quantitative estimate of drug-likeness (QED) is 0.586. The minimum absolute atomic E-state index is 0.209. The van der Waals surface area contributed by atoms with Gasteiger partial charge in [0, 0.05) is 39.8 Å². The average Bonchev–Trinajstić information content (AvgIpc) is 2.82. The predicted molar refractivity (Wildman–Crippen MR) is 120 cm³/mol. The number of aromatic nitrogens is 3. The van der Waals surface area contributed by atoms with Crippen LogP contribution >= 0.6 is 0 Å². The normalized spacial score (nSPS) is 14.6. The lowest BCUT2D eigenvalue weighted by molar-refractivity contribution is 0.0958. The van der Waals surface area contributed by atoms with Crippen LogP contribution in [0.15, 0.2) is 46.1 Å². The number of carbonyl (C=O) groups excluding carboxylic acids is 1. The molecular formula is C22H25FN6O3. The maximum Gasteiger partial charge on any atom is 0.328 e. The number of aromatic amines is 1. The summed E-state index contributed by atoms with van der Waals surface area (Å²) in [5.41, 5.74) is 1.75. The molecule has 1 fully saturated rings. The fourth-order valence-corrected chi connectivity index (χ4v) is 3.95. The third-order valence-corrected chi connectivity index (χ3v) is 5.71. The van der Waals surface area contributed by atoms with Crippen LogP contribution in [0.2, 0.25) is 0 Å². The molecule has 1 amide bonds. The summed E-state index contributed by atoms with van der Waals surface area (Å²) in [5.74, 6) is -0.209. The number of rotatable bonds is 6. The molecule has 3 heterocycles. The van der Waals surface area contributed by atoms with Crippen LogP contribution in [0.4, 0.5) is 10.1 Å². The summed E-state index contributed by atoms with van der Waals surface area (Å²) < 4.78 is 13.5. The molecule has 0 radical (unpaired) electrons. The molecule has 1 aromatic carbocycles. The van der Waals surface area contributed by atoms with E-state index in [0.29, 0.717) is 23.1 Å². The topological polar surface area (TPSA) is 103 Å². The molecule has 0 aliphatic carbocycles. The number of fused-ring (bicyclic) bond motifs is 1. The SMILES string of the molecule is CNC(=O)c1ccc(N2CCN(Cc3ccc4c(=O)n(CCF)c(=O)[nH]c4c3)CC2)cn1. The van der Waals surface area contributed by atoms with Crippen LogP contribution in [-0.4, -0.2) is 65.2 Å². The number of H-pyrrole nitrogens is 1. The largest absolute Gasteiger partial charge is 0.368 e. The van der Waals surface area contributed by atoms with Gasteiger partial charge in [0.05, 0.1) is 29.3 Å². The van der Waals surface area contributed by atoms with Gasteiger partial charge in [0.15, 0.2) is 0 Å². The molecule has 0 spiro atoms. The third-order valence-electron chi connectivity index (χ3n) is 5.71. The Morgan fingerprint density at radius 3 is 2.59 bits per heavy atom. The van der Waals surface area contributed by atoms with Crippen LogP contribution in [0.5, 0.6) is 0 Å². The molecular weight excluding hydrogens is 415 g/mol. The van der Waals surface area contributed by atoms with Gasteiger partial charge in [0.1, 0.15) is 12.4 Å². The summed E-state index contributed by atoms with van der Waals surface area (Å²) in [6.45, 7) is 2.98. The highest BCUT2D eigenvalue weighted by molar-refractivity contribution is 5.92. The number of nitrogens with zero attached hydrogens (tertiary/aromatic N) is 4. The maximum atomic E-state index is 12.6. The summed E-state index contributed by atoms with van der Waals surface area (Å²) in [5, 5.41) is 2.93. The number of amides is 1. The Kier molecular flexibility index (Phi) is 6.31. The van der Waals surface area contributed by atoms with E-state index in [-0.39, 0.29) is 12.5 Å². The Hall–Kier alpha value is -3.53. The summed E-state index contributed by atoms with van der Waals surface area (Å²) in [6.07, 6.45) is 1.72. The van der Waals surface area contributed by atoms with Crippen LogP contribution < -0.4 is 21.5 Å². The third kappa shape index (κ3) is 4.40. The number of alkyl halides is 1. The van der Waals surface area contributed by atoms with E-state index in [1.54, 1.807) is 25.4 Å². The summed E-state index contributed by atoms with van der Waals surface area (Å²) in [6, 6.07) is 9.00. The molecule has 32 heavy (non-hydrogen) atoms. The molecule has 0 unspecified atom stereocenters. The maximum absolute atomic E-state index is 12.6. The van der Waals surface area contributed by atoms with Crippen LogP contribution in [0.1, 0.15) is 16.1 Å². The predicted octanol–water partition coefficient (Wildman–Crippen LogP) is 0.736. The van der Waals surface area contributed by atoms with Gasteiger partial charge in [-0.1, -0.05) is 6.07 Å². The van der Waals surface area contributed by atoms with Gasteiger partial charge in [-0.25, -0.2) is 14.2 Å². The number of halogens is 1. The van der Waals surface area contributed by atoms with Gasteiger partial charge in [-0.3, -0.25) is 19.1 Å². The molecule has 2 aromatic heterocycles. The second-order valence-corrected chi connectivity index (χ2v) is 7.70. The number of carbonyl (C=O) groups is 1. The van der Waals surface area contributed by atoms with E-state index in [2.05, 4.69) is 25.1 Å². The lowest BCUT2D eigenvalue weighted by Gasteiger charge is -2.36. The second-order valence-electron chi connectivity index (χ2n) is 7.70. The van der Waals surface area contributed by atoms with E-state index in [1.807, 2.05) is 18.2 Å². The minimum Gasteiger partial charge on any atom is -0.368 e. The highest BCUT2D eigenvalue weighted by Crippen LogP contribution is 2.18. The first-order valence-electron chi connectivity index (χ1n) is 10.5. The van der Waals surface area contributed by atoms with Crippen LogP contribution in [0.3, 0.4) is 0 Å². The van der Waals surface area contributed by atoms with Crippen molar-refractivity contribution in [2.24, 2.45) is 0 Å². The van der Waals surface area contributed by atoms with Gasteiger partial charge in [0.2, 0.25) is 0 Å². The van der Waals surface area contributed by atoms with Crippen molar-refractivity contribution in [3.8, 4) is 0 Å². The number of hydrogen-bond acceptors (Lipinski definition) is 6. The fourth-order valence-electron chi connectivity index (χ4n) is 3.95. The molecule has 3 aromatic rings. The lowest BCUT2D eigenvalue weighted by atomic mass is 10.1. The van der Waals surface area contributed by atoms with Crippen molar-refractivity contribution < 1.29 is 9.18 Å². The Labute approximate surface area is 183 Å². The smallest absolute Gasteiger partial charge is 0.328 e. The second kappa shape index (κ2) is 9.31. The molecule has 168 valence electrons. The zero-order chi connectivity index (χ0) is 22.7. The van der Waals surface area contributed by atoms with E-state index in [1.165, 1.54) is 0 Å². The number of pyridine rings is 1. The average molecular weight is 440 g/mol. The summed E-state index contributed by atoms with van der Waals surface area (Å²) >= 11 is 0. The van der Waals surface area contributed by atoms with Crippen LogP contribution in [0.25, 0.3) is 10.9 Å². The van der Waals surface area contributed by atoms with E-state index in [4.69, 9.17) is 0 Å². The van der Waals surface area contributed by atoms with Crippen molar-refractivity contribution in [2.45, 2.75) is 13.1 Å². The Balaban J connectivity index is 1.41. The lowest BCUT2D eigenvalue weighted by Crippen LogP contribution is -2.46. The molecule has 0 saturated carbocycles. The first-order valence-corrected chi connectivity index (χ1v) is 10.5. The van der Waals surface area contributed by atoms with Crippen molar-refractivity contribution >= 4 is 22.5 Å². The van der Waals surface area contributed by atoms with Crippen molar-refractivity contribution in [1.82, 2.24) is 24.8 Å². The Morgan fingerprint density at radius 2 is 1.94 bits per heavy atom. The van der Waals surface area contributed by atoms with Gasteiger partial charge in [-0.05, 0) is 29.8 Å². The summed E-state index contributed by atoms with van der Waals surface area (Å²) in [7, 11) is 1.58. The first kappa shape index (κ1) is 21.7. The van der Waals surface area contributed by atoms with Gasteiger partial charge >= 0.3 is 5.69 Å². The monoisotopic (exact) mass is 440 g/mol. The number of nitrogens with one attached hydrogen (secondary N) is 2. The minimum atomic E-state index is -0.771. The number of benzene rings is 1. The van der Waals surface area contributed by atoms with E-state index < -0.39 is 17.9 Å². The van der Waals surface area contributed by atoms with Crippen LogP contribution in [-0.2, 0) is 13.1 Å². The zero-order valence-corrected chi connectivity index (χ0v) is 17.8. The number of anilines is 1. The highest BCUT2D eigenvalue weighted by Gasteiger charge is 2.18. The summed E-state index contributed by atoms with van der Waals surface area (Å²) in [4.78, 5) is 47.6. The molecule has 1 saturated heterocycles. The van der Waals surface area contributed by atoms with Crippen molar-refractivity contribution in [2.75, 3.05) is 44.8 Å². The van der Waals surface area contributed by atoms with E-state index >= 15 is 0 Å². The molecule has 0 atom stereocenters. The molecule has 1 aliphatic heterocycles. The molecule has 2 N–H and O–H groups in total. The van der Waals surface area contributed by atoms with Gasteiger partial charge < -0.3 is 15.2 Å². The van der Waals surface area contributed by atoms with Gasteiger partial charge in [-0.15, -0.1) is 0 Å². The molecule has 4 rings (SSSR count). The fraction of sp³-hybridized carbons (Fsp3) is 0.364. The molecule has 0 bridgehead atoms. The highest BCUT2D eigenvalue weighted by atomic mass is 19.1. The molecule has 10 heteroatoms. The zero-order valence-electron chi connectivity index (χ0n) is 17.8. The van der Waals surface area contributed by atoms with E-state index in [9.17, 15) is 18.8 Å². The first-order chi connectivity index (χ1) is 15.5. The van der Waals surface area contributed by atoms with Gasteiger partial charge in [0.25, 0.3) is 11.5 Å². The van der Waals surface area contributed by atoms with Crippen molar-refractivity contribution in [3.05, 3.63) is 68.6 Å². The van der Waals surface area contributed by atoms with E-state index in [0.717, 1.165) is 42.0 Å². The molecule has 9 nitrogen and oxygen atoms in total. The van der Waals surface area contributed by atoms with Gasteiger partial charge in [-0.2, -0.15) is 0 Å².